The van der Waals surface area contributed by atoms with E-state index >= 15 is 0 Å². The van der Waals surface area contributed by atoms with Crippen LogP contribution in [0.4, 0.5) is 4.79 Å². The fourth-order valence-electron chi connectivity index (χ4n) is 6.50. The molecule has 5 aromatic rings. The summed E-state index contributed by atoms with van der Waals surface area (Å²) >= 11 is 3.40. The molecule has 3 aromatic carbocycles. The number of nitrogens with zero attached hydrogens (tertiary/aromatic N) is 2. The maximum absolute atomic E-state index is 14.2. The number of primary amides is 1. The van der Waals surface area contributed by atoms with Crippen molar-refractivity contribution in [2.75, 3.05) is 6.54 Å². The van der Waals surface area contributed by atoms with Crippen molar-refractivity contribution in [1.29, 1.82) is 0 Å². The summed E-state index contributed by atoms with van der Waals surface area (Å²) < 4.78 is 0.775. The number of imidazole rings is 1. The number of aromatic nitrogens is 3. The van der Waals surface area contributed by atoms with Crippen LogP contribution >= 0.6 is 15.9 Å². The minimum absolute atomic E-state index is 0.0500. The molecule has 0 fully saturated rings. The molecule has 19 heteroatoms. The van der Waals surface area contributed by atoms with Gasteiger partial charge in [-0.3, -0.25) is 29.4 Å². The molecule has 13 N–H and O–H groups in total. The van der Waals surface area contributed by atoms with Crippen molar-refractivity contribution in [3.63, 3.8) is 0 Å². The Morgan fingerprint density at radius 3 is 2.22 bits per heavy atom. The zero-order chi connectivity index (χ0) is 45.3. The highest BCUT2D eigenvalue weighted by atomic mass is 79.9. The van der Waals surface area contributed by atoms with Crippen molar-refractivity contribution >= 4 is 68.5 Å². The second-order valence-electron chi connectivity index (χ2n) is 14.9. The van der Waals surface area contributed by atoms with Gasteiger partial charge in [0.1, 0.15) is 24.2 Å². The van der Waals surface area contributed by atoms with E-state index in [1.165, 1.54) is 19.3 Å². The molecule has 0 bridgehead atoms. The van der Waals surface area contributed by atoms with Gasteiger partial charge >= 0.3 is 6.03 Å². The van der Waals surface area contributed by atoms with Crippen LogP contribution in [0.2, 0.25) is 0 Å². The fourth-order valence-corrected chi connectivity index (χ4v) is 6.77. The Balaban J connectivity index is 1.35. The number of carbonyl (C=O) groups excluding carboxylic acids is 6. The van der Waals surface area contributed by atoms with Crippen molar-refractivity contribution in [2.24, 2.45) is 17.2 Å². The van der Waals surface area contributed by atoms with Gasteiger partial charge in [0.2, 0.25) is 23.6 Å². The quantitative estimate of drug-likeness (QED) is 0.0381. The first-order valence-electron chi connectivity index (χ1n) is 20.4. The number of carbonyl (C=O) groups is 6. The summed E-state index contributed by atoms with van der Waals surface area (Å²) in [6.07, 6.45) is 9.39. The number of nitrogens with two attached hydrogens (primary N) is 3. The van der Waals surface area contributed by atoms with E-state index in [4.69, 9.17) is 17.2 Å². The number of benzene rings is 3. The zero-order valence-electron chi connectivity index (χ0n) is 34.7. The fraction of sp³-hybridized carbons (Fsp3) is 0.295. The van der Waals surface area contributed by atoms with Crippen LogP contribution in [-0.2, 0) is 43.4 Å². The molecule has 0 aliphatic heterocycles. The van der Waals surface area contributed by atoms with Gasteiger partial charge in [-0.25, -0.2) is 14.8 Å². The predicted octanol–water partition coefficient (Wildman–Crippen LogP) is 2.18. The van der Waals surface area contributed by atoms with Crippen LogP contribution in [0.15, 0.2) is 108 Å². The van der Waals surface area contributed by atoms with E-state index in [0.717, 1.165) is 31.5 Å². The van der Waals surface area contributed by atoms with Gasteiger partial charge in [0.15, 0.2) is 0 Å². The minimum Gasteiger partial charge on any atom is -0.368 e. The Hall–Kier alpha value is -6.83. The Morgan fingerprint density at radius 1 is 0.810 bits per heavy atom. The molecule has 63 heavy (non-hydrogen) atoms. The maximum atomic E-state index is 14.2. The van der Waals surface area contributed by atoms with Crippen molar-refractivity contribution in [1.82, 2.24) is 46.7 Å². The van der Waals surface area contributed by atoms with Crippen molar-refractivity contribution in [3.05, 3.63) is 131 Å². The van der Waals surface area contributed by atoms with Gasteiger partial charge in [-0.05, 0) is 67.6 Å². The third-order valence-electron chi connectivity index (χ3n) is 10.0. The van der Waals surface area contributed by atoms with Crippen LogP contribution in [0.3, 0.4) is 0 Å². The topological polar surface area (TPSA) is 288 Å². The first-order chi connectivity index (χ1) is 30.3. The third kappa shape index (κ3) is 14.4. The van der Waals surface area contributed by atoms with Crippen LogP contribution in [0, 0.1) is 0 Å². The summed E-state index contributed by atoms with van der Waals surface area (Å²) in [6, 6.07) is 16.8. The van der Waals surface area contributed by atoms with Gasteiger partial charge in [0.25, 0.3) is 5.91 Å². The maximum Gasteiger partial charge on any atom is 0.337 e. The zero-order valence-corrected chi connectivity index (χ0v) is 36.3. The van der Waals surface area contributed by atoms with Crippen LogP contribution in [0.1, 0.15) is 48.6 Å². The molecule has 7 amide bonds. The standard InChI is InChI=1S/C44H53BrN12O6/c1-27(52-43(62)38(21-30-23-50-35-12-6-5-11-33(30)35)54-41(60)34(47)22-32-24-49-26-51-32)40(59)56-57(25-29-14-17-31(45)18-15-29)44(63)55-37(19-16-28-9-3-2-4-10-28)42(61)53-36(39(48)58)13-7-8-20-46/h2-6,9-12,14-19,23-24,26-27,34,36-38,50H,7-8,13,20-22,25,46-47H2,1H3,(H2,48,58)(H,49,51)(H,52,62)(H,53,61)(H,54,60)(H,55,63)(H,56,59)/b19-16+/t27-,34-,36-,37+,38+/m0/s1. The van der Waals surface area contributed by atoms with Crippen LogP contribution < -0.4 is 43.9 Å². The van der Waals surface area contributed by atoms with E-state index in [-0.39, 0.29) is 25.8 Å². The molecule has 2 aromatic heterocycles. The Labute approximate surface area is 372 Å². The van der Waals surface area contributed by atoms with E-state index in [0.29, 0.717) is 30.6 Å². The van der Waals surface area contributed by atoms with E-state index in [2.05, 4.69) is 57.6 Å². The lowest BCUT2D eigenvalue weighted by Gasteiger charge is -2.28. The lowest BCUT2D eigenvalue weighted by atomic mass is 10.0. The molecule has 0 spiro atoms. The molecule has 332 valence electrons. The number of hydrogen-bond donors (Lipinski definition) is 10. The van der Waals surface area contributed by atoms with Crippen molar-refractivity contribution < 1.29 is 28.8 Å². The lowest BCUT2D eigenvalue weighted by Crippen LogP contribution is -2.60. The number of aromatic amines is 2. The molecule has 0 aliphatic carbocycles. The number of fused-ring (bicyclic) bond motifs is 1. The van der Waals surface area contributed by atoms with Crippen molar-refractivity contribution in [2.45, 2.75) is 75.8 Å². The Morgan fingerprint density at radius 2 is 1.52 bits per heavy atom. The van der Waals surface area contributed by atoms with E-state index in [1.54, 1.807) is 67.0 Å². The average molecular weight is 926 g/mol. The van der Waals surface area contributed by atoms with E-state index in [9.17, 15) is 28.8 Å². The first kappa shape index (κ1) is 47.2. The molecule has 5 rings (SSSR count). The van der Waals surface area contributed by atoms with Crippen LogP contribution in [-0.4, -0.2) is 92.3 Å². The molecular weight excluding hydrogens is 872 g/mol. The van der Waals surface area contributed by atoms with Crippen molar-refractivity contribution in [3.8, 4) is 0 Å². The highest BCUT2D eigenvalue weighted by molar-refractivity contribution is 9.10. The Kier molecular flexibility index (Phi) is 17.5. The second-order valence-corrected chi connectivity index (χ2v) is 15.8. The summed E-state index contributed by atoms with van der Waals surface area (Å²) in [6.45, 7) is 1.65. The van der Waals surface area contributed by atoms with Gasteiger partial charge in [-0.15, -0.1) is 0 Å². The number of rotatable bonds is 21. The highest BCUT2D eigenvalue weighted by Crippen LogP contribution is 2.20. The number of hydrogen-bond acceptors (Lipinski definition) is 9. The molecule has 5 atom stereocenters. The SMILES string of the molecule is C[C@H](NC(=O)[C@@H](Cc1c[nH]c2ccccc12)NC(=O)[C@@H](N)Cc1cnc[nH]1)C(=O)NN(Cc1ccc(Br)cc1)C(=O)N[C@H](/C=C/c1ccccc1)C(=O)N[C@@H](CCCCN)C(N)=O. The van der Waals surface area contributed by atoms with Crippen LogP contribution in [0.25, 0.3) is 17.0 Å². The highest BCUT2D eigenvalue weighted by Gasteiger charge is 2.30. The third-order valence-corrected chi connectivity index (χ3v) is 10.5. The molecular formula is C44H53BrN12O6. The van der Waals surface area contributed by atoms with Gasteiger partial charge in [0, 0.05) is 46.3 Å². The predicted molar refractivity (Wildman–Crippen MR) is 241 cm³/mol. The molecule has 0 saturated heterocycles. The monoisotopic (exact) mass is 924 g/mol. The summed E-state index contributed by atoms with van der Waals surface area (Å²) in [7, 11) is 0. The number of unbranched alkanes of at least 4 members (excludes halogenated alkanes) is 1. The average Bonchev–Trinajstić information content (AvgIpc) is 3.95. The van der Waals surface area contributed by atoms with Gasteiger partial charge < -0.3 is 48.4 Å². The summed E-state index contributed by atoms with van der Waals surface area (Å²) in [5.74, 6) is -3.56. The number of H-pyrrole nitrogens is 2. The number of nitrogens with one attached hydrogen (secondary N) is 7. The molecule has 0 unspecified atom stereocenters. The smallest absolute Gasteiger partial charge is 0.337 e. The van der Waals surface area contributed by atoms with Gasteiger partial charge in [-0.1, -0.05) is 88.7 Å². The van der Waals surface area contributed by atoms with E-state index < -0.39 is 65.8 Å². The largest absolute Gasteiger partial charge is 0.368 e. The van der Waals surface area contributed by atoms with Crippen LogP contribution in [0.5, 0.6) is 0 Å². The number of urea groups is 1. The normalized spacial score (nSPS) is 13.6. The first-order valence-corrected chi connectivity index (χ1v) is 21.1. The minimum atomic E-state index is -1.34. The van der Waals surface area contributed by atoms with E-state index in [1.807, 2.05) is 30.3 Å². The van der Waals surface area contributed by atoms with Gasteiger partial charge in [0.05, 0.1) is 18.9 Å². The Bertz CT molecular complexity index is 2340. The number of hydrazine groups is 1. The summed E-state index contributed by atoms with van der Waals surface area (Å²) in [5.41, 5.74) is 23.6. The molecule has 18 nitrogen and oxygen atoms in total. The summed E-state index contributed by atoms with van der Waals surface area (Å²) in [4.78, 5) is 91.5. The number of amides is 7. The molecule has 0 saturated carbocycles. The number of para-hydroxylation sites is 1. The van der Waals surface area contributed by atoms with Gasteiger partial charge in [-0.2, -0.15) is 0 Å². The molecule has 2 heterocycles. The summed E-state index contributed by atoms with van der Waals surface area (Å²) in [5, 5.41) is 12.5. The molecule has 0 aliphatic rings. The lowest BCUT2D eigenvalue weighted by molar-refractivity contribution is -0.133. The molecule has 0 radical (unpaired) electrons. The second kappa shape index (κ2) is 23.4. The number of halogens is 1.